The number of halogens is 1. The number of hydrogen-bond acceptors (Lipinski definition) is 3. The fourth-order valence-corrected chi connectivity index (χ4v) is 3.51. The Morgan fingerprint density at radius 2 is 2.00 bits per heavy atom. The highest BCUT2D eigenvalue weighted by molar-refractivity contribution is 7.89. The zero-order valence-electron chi connectivity index (χ0n) is 11.3. The van der Waals surface area contributed by atoms with Crippen LogP contribution in [-0.4, -0.2) is 15.0 Å². The van der Waals surface area contributed by atoms with Crippen molar-refractivity contribution in [2.75, 3.05) is 12.3 Å². The molecule has 0 aromatic heterocycles. The molecule has 0 heterocycles. The van der Waals surface area contributed by atoms with E-state index < -0.39 is 10.0 Å². The second kappa shape index (κ2) is 7.12. The molecule has 108 valence electrons. The van der Waals surface area contributed by atoms with E-state index in [4.69, 9.17) is 17.3 Å². The summed E-state index contributed by atoms with van der Waals surface area (Å²) in [6.45, 7) is 4.70. The zero-order chi connectivity index (χ0) is 14.5. The van der Waals surface area contributed by atoms with Crippen molar-refractivity contribution >= 4 is 27.3 Å². The van der Waals surface area contributed by atoms with E-state index in [0.717, 1.165) is 19.3 Å². The van der Waals surface area contributed by atoms with Crippen molar-refractivity contribution in [1.82, 2.24) is 4.72 Å². The Hall–Kier alpha value is -0.780. The highest BCUT2D eigenvalue weighted by Crippen LogP contribution is 2.26. The van der Waals surface area contributed by atoms with Crippen molar-refractivity contribution in [2.24, 2.45) is 5.92 Å². The monoisotopic (exact) mass is 304 g/mol. The number of unbranched alkanes of at least 4 members (excludes halogenated alkanes) is 1. The molecule has 1 aromatic carbocycles. The summed E-state index contributed by atoms with van der Waals surface area (Å²) in [7, 11) is -3.63. The molecule has 3 N–H and O–H groups in total. The van der Waals surface area contributed by atoms with E-state index >= 15 is 0 Å². The number of nitrogens with two attached hydrogens (primary N) is 1. The van der Waals surface area contributed by atoms with Gasteiger partial charge in [0.2, 0.25) is 10.0 Å². The third-order valence-electron chi connectivity index (χ3n) is 2.77. The Balaban J connectivity index is 2.62. The van der Waals surface area contributed by atoms with E-state index in [1.165, 1.54) is 12.1 Å². The molecule has 1 aromatic rings. The van der Waals surface area contributed by atoms with Crippen LogP contribution in [0.3, 0.4) is 0 Å². The number of rotatable bonds is 7. The van der Waals surface area contributed by atoms with Crippen LogP contribution in [0.4, 0.5) is 5.69 Å². The molecule has 0 atom stereocenters. The van der Waals surface area contributed by atoms with Gasteiger partial charge in [-0.3, -0.25) is 0 Å². The van der Waals surface area contributed by atoms with Gasteiger partial charge in [0.05, 0.1) is 10.7 Å². The van der Waals surface area contributed by atoms with Crippen molar-refractivity contribution in [2.45, 2.75) is 38.0 Å². The Morgan fingerprint density at radius 1 is 1.32 bits per heavy atom. The van der Waals surface area contributed by atoms with Crippen LogP contribution in [0, 0.1) is 5.92 Å². The van der Waals surface area contributed by atoms with E-state index in [2.05, 4.69) is 18.6 Å². The van der Waals surface area contributed by atoms with Gasteiger partial charge >= 0.3 is 0 Å². The Bertz CT molecular complexity index is 495. The van der Waals surface area contributed by atoms with Gasteiger partial charge in [0.15, 0.2) is 0 Å². The van der Waals surface area contributed by atoms with E-state index in [1.807, 2.05) is 0 Å². The number of nitrogens with one attached hydrogen (secondary N) is 1. The highest BCUT2D eigenvalue weighted by atomic mass is 35.5. The third-order valence-corrected chi connectivity index (χ3v) is 4.77. The molecular weight excluding hydrogens is 284 g/mol. The lowest BCUT2D eigenvalue weighted by Crippen LogP contribution is -2.26. The fraction of sp³-hybridized carbons (Fsp3) is 0.538. The predicted molar refractivity (Wildman–Crippen MR) is 79.7 cm³/mol. The molecule has 0 aliphatic rings. The largest absolute Gasteiger partial charge is 0.398 e. The van der Waals surface area contributed by atoms with Crippen molar-refractivity contribution in [3.63, 3.8) is 0 Å². The van der Waals surface area contributed by atoms with Crippen LogP contribution in [0.25, 0.3) is 0 Å². The lowest BCUT2D eigenvalue weighted by Gasteiger charge is -2.10. The van der Waals surface area contributed by atoms with Crippen molar-refractivity contribution in [1.29, 1.82) is 0 Å². The lowest BCUT2D eigenvalue weighted by atomic mass is 10.1. The molecular formula is C13H21ClN2O2S. The molecule has 1 rings (SSSR count). The van der Waals surface area contributed by atoms with Crippen LogP contribution in [0.15, 0.2) is 23.1 Å². The summed E-state index contributed by atoms with van der Waals surface area (Å²) >= 11 is 5.90. The molecule has 19 heavy (non-hydrogen) atoms. The van der Waals surface area contributed by atoms with Crippen LogP contribution in [0.1, 0.15) is 33.1 Å². The van der Waals surface area contributed by atoms with Gasteiger partial charge in [-0.25, -0.2) is 13.1 Å². The summed E-state index contributed by atoms with van der Waals surface area (Å²) in [5.74, 6) is 0.635. The normalized spacial score (nSPS) is 12.0. The quantitative estimate of drug-likeness (QED) is 0.601. The van der Waals surface area contributed by atoms with Gasteiger partial charge in [-0.05, 0) is 24.5 Å². The number of nitrogen functional groups attached to an aromatic ring is 1. The minimum Gasteiger partial charge on any atom is -0.398 e. The van der Waals surface area contributed by atoms with E-state index in [1.54, 1.807) is 6.07 Å². The number of sulfonamides is 1. The first-order valence-corrected chi connectivity index (χ1v) is 8.24. The predicted octanol–water partition coefficient (Wildman–Crippen LogP) is 3.03. The summed E-state index contributed by atoms with van der Waals surface area (Å²) in [5.41, 5.74) is 5.84. The summed E-state index contributed by atoms with van der Waals surface area (Å²) < 4.78 is 26.7. The standard InChI is InChI=1S/C13H21ClN2O2S/c1-10(2)6-3-4-9-16-19(17,18)13-11(14)7-5-8-12(13)15/h5,7-8,10,16H,3-4,6,9,15H2,1-2H3. The molecule has 0 fully saturated rings. The number of benzene rings is 1. The smallest absolute Gasteiger partial charge is 0.244 e. The maximum absolute atomic E-state index is 12.1. The van der Waals surface area contributed by atoms with E-state index in [-0.39, 0.29) is 15.6 Å². The summed E-state index contributed by atoms with van der Waals surface area (Å²) in [4.78, 5) is -0.0273. The first-order valence-electron chi connectivity index (χ1n) is 6.38. The lowest BCUT2D eigenvalue weighted by molar-refractivity contribution is 0.530. The molecule has 0 spiro atoms. The van der Waals surface area contributed by atoms with Crippen molar-refractivity contribution < 1.29 is 8.42 Å². The Kier molecular flexibility index (Phi) is 6.10. The average molecular weight is 305 g/mol. The van der Waals surface area contributed by atoms with Crippen LogP contribution < -0.4 is 10.5 Å². The summed E-state index contributed by atoms with van der Waals surface area (Å²) in [6.07, 6.45) is 2.90. The van der Waals surface area contributed by atoms with Gasteiger partial charge in [-0.15, -0.1) is 0 Å². The number of anilines is 1. The summed E-state index contributed by atoms with van der Waals surface area (Å²) in [6, 6.07) is 4.67. The van der Waals surface area contributed by atoms with Crippen molar-refractivity contribution in [3.05, 3.63) is 23.2 Å². The van der Waals surface area contributed by atoms with Crippen LogP contribution >= 0.6 is 11.6 Å². The molecule has 0 aliphatic carbocycles. The van der Waals surface area contributed by atoms with Gasteiger partial charge in [0.1, 0.15) is 4.90 Å². The molecule has 0 radical (unpaired) electrons. The van der Waals surface area contributed by atoms with Gasteiger partial charge in [-0.2, -0.15) is 0 Å². The molecule has 0 aliphatic heterocycles. The second-order valence-corrected chi connectivity index (χ2v) is 7.06. The SMILES string of the molecule is CC(C)CCCCNS(=O)(=O)c1c(N)cccc1Cl. The van der Waals surface area contributed by atoms with Gasteiger partial charge in [0, 0.05) is 6.54 Å². The minimum absolute atomic E-state index is 0.0273. The molecule has 0 amide bonds. The zero-order valence-corrected chi connectivity index (χ0v) is 12.9. The average Bonchev–Trinajstić information content (AvgIpc) is 2.27. The van der Waals surface area contributed by atoms with Crippen LogP contribution in [-0.2, 0) is 10.0 Å². The topological polar surface area (TPSA) is 72.2 Å². The van der Waals surface area contributed by atoms with Gasteiger partial charge < -0.3 is 5.73 Å². The molecule has 0 bridgehead atoms. The Labute approximate surface area is 120 Å². The Morgan fingerprint density at radius 3 is 2.58 bits per heavy atom. The molecule has 4 nitrogen and oxygen atoms in total. The van der Waals surface area contributed by atoms with Gasteiger partial charge in [-0.1, -0.05) is 44.4 Å². The van der Waals surface area contributed by atoms with E-state index in [0.29, 0.717) is 12.5 Å². The van der Waals surface area contributed by atoms with Crippen LogP contribution in [0.5, 0.6) is 0 Å². The third kappa shape index (κ3) is 5.01. The first kappa shape index (κ1) is 16.3. The molecule has 0 saturated carbocycles. The minimum atomic E-state index is -3.63. The summed E-state index contributed by atoms with van der Waals surface area (Å²) in [5, 5.41) is 0.148. The second-order valence-electron chi connectivity index (χ2n) is 4.95. The maximum Gasteiger partial charge on any atom is 0.244 e. The maximum atomic E-state index is 12.1. The number of hydrogen-bond donors (Lipinski definition) is 2. The molecule has 0 saturated heterocycles. The molecule has 6 heteroatoms. The fourth-order valence-electron chi connectivity index (χ4n) is 1.77. The highest BCUT2D eigenvalue weighted by Gasteiger charge is 2.20. The van der Waals surface area contributed by atoms with Crippen molar-refractivity contribution in [3.8, 4) is 0 Å². The van der Waals surface area contributed by atoms with Gasteiger partial charge in [0.25, 0.3) is 0 Å². The van der Waals surface area contributed by atoms with E-state index in [9.17, 15) is 8.42 Å². The van der Waals surface area contributed by atoms with Crippen LogP contribution in [0.2, 0.25) is 5.02 Å². The first-order chi connectivity index (χ1) is 8.84. The molecule has 0 unspecified atom stereocenters.